The minimum Gasteiger partial charge on any atom is -0.374 e. The molecule has 0 spiro atoms. The van der Waals surface area contributed by atoms with E-state index in [1.807, 2.05) is 19.0 Å². The molecule has 27 heavy (non-hydrogen) atoms. The molecule has 0 unspecified atom stereocenters. The molecule has 1 aliphatic rings. The number of benzene rings is 2. The molecule has 0 bridgehead atoms. The van der Waals surface area contributed by atoms with E-state index in [2.05, 4.69) is 34.9 Å². The number of nitrogens with one attached hydrogen (secondary N) is 1. The summed E-state index contributed by atoms with van der Waals surface area (Å²) in [6.07, 6.45) is 2.19. The monoisotopic (exact) mass is 407 g/mol. The molecule has 1 aliphatic heterocycles. The van der Waals surface area contributed by atoms with Gasteiger partial charge in [0.15, 0.2) is 0 Å². The summed E-state index contributed by atoms with van der Waals surface area (Å²) in [4.78, 5) is 4.41. The van der Waals surface area contributed by atoms with Crippen molar-refractivity contribution in [3.05, 3.63) is 58.6 Å². The van der Waals surface area contributed by atoms with E-state index in [0.717, 1.165) is 24.9 Å². The Hall–Kier alpha value is -1.60. The zero-order valence-corrected chi connectivity index (χ0v) is 17.5. The third-order valence-electron chi connectivity index (χ3n) is 5.06. The molecule has 1 N–H and O–H groups in total. The Kier molecular flexibility index (Phi) is 6.11. The number of hydrogen-bond acceptors (Lipinski definition) is 4. The number of rotatable bonds is 6. The lowest BCUT2D eigenvalue weighted by Gasteiger charge is -2.30. The third-order valence-corrected chi connectivity index (χ3v) is 6.98. The van der Waals surface area contributed by atoms with Crippen molar-refractivity contribution in [3.8, 4) is 0 Å². The van der Waals surface area contributed by atoms with Gasteiger partial charge in [-0.1, -0.05) is 35.9 Å². The van der Waals surface area contributed by atoms with Crippen molar-refractivity contribution in [2.75, 3.05) is 39.1 Å². The number of fused-ring (bicyclic) bond motifs is 1. The summed E-state index contributed by atoms with van der Waals surface area (Å²) in [5.41, 5.74) is 3.69. The van der Waals surface area contributed by atoms with E-state index in [-0.39, 0.29) is 22.5 Å². The van der Waals surface area contributed by atoms with Gasteiger partial charge in [0.05, 0.1) is 5.02 Å². The second-order valence-electron chi connectivity index (χ2n) is 7.17. The van der Waals surface area contributed by atoms with E-state index in [1.165, 1.54) is 17.3 Å². The van der Waals surface area contributed by atoms with Crippen molar-refractivity contribution < 1.29 is 8.42 Å². The van der Waals surface area contributed by atoms with Gasteiger partial charge in [0.25, 0.3) is 0 Å². The molecule has 3 rings (SSSR count). The molecule has 146 valence electrons. The van der Waals surface area contributed by atoms with Crippen molar-refractivity contribution in [2.45, 2.75) is 23.8 Å². The molecule has 2 aromatic carbocycles. The Bertz CT molecular complexity index is 915. The Labute approximate surface area is 167 Å². The fourth-order valence-electron chi connectivity index (χ4n) is 3.54. The van der Waals surface area contributed by atoms with Crippen molar-refractivity contribution in [3.63, 3.8) is 0 Å². The fraction of sp³-hybridized carbons (Fsp3) is 0.400. The molecule has 0 aromatic heterocycles. The summed E-state index contributed by atoms with van der Waals surface area (Å²) in [6.45, 7) is 1.34. The summed E-state index contributed by atoms with van der Waals surface area (Å²) in [6, 6.07) is 12.9. The first-order valence-corrected chi connectivity index (χ1v) is 10.9. The standard InChI is InChI=1S/C20H26ClN3O2S/c1-23(2)19(14-22-27(25,26)20-9-5-4-8-17(20)21)16-10-11-18-15(13-16)7-6-12-24(18)3/h4-5,8-11,13,19,22H,6-7,12,14H2,1-3H3/t19-/m0/s1. The molecular weight excluding hydrogens is 382 g/mol. The highest BCUT2D eigenvalue weighted by Crippen LogP contribution is 2.30. The molecule has 7 heteroatoms. The van der Waals surface area contributed by atoms with E-state index in [1.54, 1.807) is 18.2 Å². The molecule has 0 fully saturated rings. The second kappa shape index (κ2) is 8.19. The Balaban J connectivity index is 1.82. The van der Waals surface area contributed by atoms with Gasteiger partial charge in [-0.05, 0) is 56.3 Å². The quantitative estimate of drug-likeness (QED) is 0.798. The summed E-state index contributed by atoms with van der Waals surface area (Å²) in [7, 11) is 2.36. The molecule has 0 radical (unpaired) electrons. The van der Waals surface area contributed by atoms with E-state index in [9.17, 15) is 8.42 Å². The van der Waals surface area contributed by atoms with Gasteiger partial charge in [-0.25, -0.2) is 13.1 Å². The summed E-state index contributed by atoms with van der Waals surface area (Å²) >= 11 is 6.06. The highest BCUT2D eigenvalue weighted by Gasteiger charge is 2.23. The Morgan fingerprint density at radius 2 is 1.96 bits per heavy atom. The molecular formula is C20H26ClN3O2S. The number of halogens is 1. The summed E-state index contributed by atoms with van der Waals surface area (Å²) in [5, 5.41) is 0.225. The smallest absolute Gasteiger partial charge is 0.242 e. The molecule has 2 aromatic rings. The number of aryl methyl sites for hydroxylation is 1. The lowest BCUT2D eigenvalue weighted by molar-refractivity contribution is 0.299. The Morgan fingerprint density at radius 3 is 2.67 bits per heavy atom. The average Bonchev–Trinajstić information content (AvgIpc) is 2.62. The molecule has 0 saturated carbocycles. The normalized spacial score (nSPS) is 15.7. The predicted octanol–water partition coefficient (Wildman–Crippen LogP) is 3.30. The van der Waals surface area contributed by atoms with Gasteiger partial charge in [0.2, 0.25) is 10.0 Å². The zero-order valence-electron chi connectivity index (χ0n) is 15.9. The van der Waals surface area contributed by atoms with Crippen molar-refractivity contribution in [2.24, 2.45) is 0 Å². The topological polar surface area (TPSA) is 52.7 Å². The highest BCUT2D eigenvalue weighted by molar-refractivity contribution is 7.89. The SMILES string of the molecule is CN1CCCc2cc([C@H](CNS(=O)(=O)c3ccccc3Cl)N(C)C)ccc21. The first kappa shape index (κ1) is 20.1. The van der Waals surface area contributed by atoms with Gasteiger partial charge < -0.3 is 9.80 Å². The minimum atomic E-state index is -3.67. The van der Waals surface area contributed by atoms with Crippen LogP contribution in [0.2, 0.25) is 5.02 Å². The predicted molar refractivity (Wildman–Crippen MR) is 111 cm³/mol. The van der Waals surface area contributed by atoms with Crippen LogP contribution in [0.5, 0.6) is 0 Å². The number of nitrogens with zero attached hydrogens (tertiary/aromatic N) is 2. The molecule has 1 heterocycles. The van der Waals surface area contributed by atoms with Crippen molar-refractivity contribution in [1.82, 2.24) is 9.62 Å². The maximum absolute atomic E-state index is 12.7. The average molecular weight is 408 g/mol. The van der Waals surface area contributed by atoms with Crippen LogP contribution in [-0.4, -0.2) is 47.6 Å². The van der Waals surface area contributed by atoms with E-state index < -0.39 is 10.0 Å². The van der Waals surface area contributed by atoms with E-state index in [4.69, 9.17) is 11.6 Å². The Morgan fingerprint density at radius 1 is 1.22 bits per heavy atom. The van der Waals surface area contributed by atoms with Gasteiger partial charge in [0.1, 0.15) is 4.90 Å². The maximum Gasteiger partial charge on any atom is 0.242 e. The van der Waals surface area contributed by atoms with Crippen LogP contribution in [0.25, 0.3) is 0 Å². The van der Waals surface area contributed by atoms with E-state index in [0.29, 0.717) is 0 Å². The zero-order chi connectivity index (χ0) is 19.6. The van der Waals surface area contributed by atoms with Gasteiger partial charge in [-0.15, -0.1) is 0 Å². The van der Waals surface area contributed by atoms with Gasteiger partial charge in [0, 0.05) is 31.9 Å². The van der Waals surface area contributed by atoms with Crippen LogP contribution >= 0.6 is 11.6 Å². The summed E-state index contributed by atoms with van der Waals surface area (Å²) in [5.74, 6) is 0. The molecule has 5 nitrogen and oxygen atoms in total. The van der Waals surface area contributed by atoms with Crippen LogP contribution < -0.4 is 9.62 Å². The number of hydrogen-bond donors (Lipinski definition) is 1. The molecule has 0 aliphatic carbocycles. The van der Waals surface area contributed by atoms with E-state index >= 15 is 0 Å². The van der Waals surface area contributed by atoms with Crippen LogP contribution in [0.3, 0.4) is 0 Å². The van der Waals surface area contributed by atoms with Crippen LogP contribution in [0.4, 0.5) is 5.69 Å². The second-order valence-corrected chi connectivity index (χ2v) is 9.32. The molecule has 0 amide bonds. The fourth-order valence-corrected chi connectivity index (χ4v) is 5.10. The minimum absolute atomic E-state index is 0.0696. The lowest BCUT2D eigenvalue weighted by atomic mass is 9.96. The highest BCUT2D eigenvalue weighted by atomic mass is 35.5. The number of sulfonamides is 1. The summed E-state index contributed by atoms with van der Waals surface area (Å²) < 4.78 is 28.1. The van der Waals surface area contributed by atoms with Gasteiger partial charge in [-0.3, -0.25) is 0 Å². The molecule has 0 saturated heterocycles. The first-order valence-electron chi connectivity index (χ1n) is 9.04. The lowest BCUT2D eigenvalue weighted by Crippen LogP contribution is -2.35. The van der Waals surface area contributed by atoms with Crippen LogP contribution in [0.15, 0.2) is 47.4 Å². The third kappa shape index (κ3) is 4.46. The maximum atomic E-state index is 12.7. The van der Waals surface area contributed by atoms with Crippen LogP contribution in [-0.2, 0) is 16.4 Å². The number of anilines is 1. The van der Waals surface area contributed by atoms with Gasteiger partial charge >= 0.3 is 0 Å². The van der Waals surface area contributed by atoms with Crippen LogP contribution in [0.1, 0.15) is 23.6 Å². The number of likely N-dealkylation sites (N-methyl/N-ethyl adjacent to an activating group) is 1. The van der Waals surface area contributed by atoms with Gasteiger partial charge in [-0.2, -0.15) is 0 Å². The van der Waals surface area contributed by atoms with Crippen molar-refractivity contribution >= 4 is 27.3 Å². The first-order chi connectivity index (χ1) is 12.8. The molecule has 1 atom stereocenters. The van der Waals surface area contributed by atoms with Crippen molar-refractivity contribution in [1.29, 1.82) is 0 Å². The largest absolute Gasteiger partial charge is 0.374 e. The van der Waals surface area contributed by atoms with Crippen LogP contribution in [0, 0.1) is 0 Å².